The minimum absolute atomic E-state index is 0.238. The number of nitrogens with one attached hydrogen (secondary N) is 1. The number of aromatic nitrogens is 1. The average molecular weight is 418 g/mol. The van der Waals surface area contributed by atoms with Crippen LogP contribution in [0.1, 0.15) is 51.5 Å². The van der Waals surface area contributed by atoms with Gasteiger partial charge in [0.2, 0.25) is 10.0 Å². The molecule has 2 aliphatic rings. The Balaban J connectivity index is 1.58. The maximum absolute atomic E-state index is 13.5. The Kier molecular flexibility index (Phi) is 5.02. The van der Waals surface area contributed by atoms with Gasteiger partial charge in [-0.3, -0.25) is 4.98 Å². The van der Waals surface area contributed by atoms with Gasteiger partial charge in [0.05, 0.1) is 4.90 Å². The number of carbonyl (C=O) groups excluding carboxylic acids is 1. The highest BCUT2D eigenvalue weighted by molar-refractivity contribution is 7.89. The smallest absolute Gasteiger partial charge is 0.407 e. The SMILES string of the molecule is CC(C)(C)OC(=O)N[C@@H]1CCN(S(=O)(=O)c2cccc3cncc(C4CC4)c23)C1. The van der Waals surface area contributed by atoms with E-state index in [4.69, 9.17) is 4.74 Å². The predicted molar refractivity (Wildman–Crippen MR) is 110 cm³/mol. The van der Waals surface area contributed by atoms with Crippen molar-refractivity contribution in [2.75, 3.05) is 13.1 Å². The van der Waals surface area contributed by atoms with Crippen LogP contribution in [0.4, 0.5) is 4.79 Å². The van der Waals surface area contributed by atoms with E-state index >= 15 is 0 Å². The fourth-order valence-electron chi connectivity index (χ4n) is 3.82. The van der Waals surface area contributed by atoms with Crippen LogP contribution in [0.25, 0.3) is 10.8 Å². The van der Waals surface area contributed by atoms with Crippen LogP contribution in [0.2, 0.25) is 0 Å². The Labute approximate surface area is 171 Å². The van der Waals surface area contributed by atoms with Crippen LogP contribution < -0.4 is 5.32 Å². The average Bonchev–Trinajstić information content (AvgIpc) is 3.37. The van der Waals surface area contributed by atoms with Crippen molar-refractivity contribution in [3.8, 4) is 0 Å². The van der Waals surface area contributed by atoms with Crippen molar-refractivity contribution >= 4 is 26.9 Å². The molecule has 2 heterocycles. The number of hydrogen-bond donors (Lipinski definition) is 1. The molecule has 1 atom stereocenters. The third-order valence-electron chi connectivity index (χ3n) is 5.28. The van der Waals surface area contributed by atoms with Gasteiger partial charge in [0, 0.05) is 42.3 Å². The topological polar surface area (TPSA) is 88.6 Å². The molecule has 29 heavy (non-hydrogen) atoms. The van der Waals surface area contributed by atoms with Crippen molar-refractivity contribution in [3.63, 3.8) is 0 Å². The maximum atomic E-state index is 13.5. The molecule has 0 radical (unpaired) electrons. The van der Waals surface area contributed by atoms with Crippen molar-refractivity contribution in [2.45, 2.75) is 62.5 Å². The zero-order valence-corrected chi connectivity index (χ0v) is 17.8. The number of fused-ring (bicyclic) bond motifs is 1. The monoisotopic (exact) mass is 417 g/mol. The zero-order valence-electron chi connectivity index (χ0n) is 17.0. The van der Waals surface area contributed by atoms with E-state index < -0.39 is 21.7 Å². The summed E-state index contributed by atoms with van der Waals surface area (Å²) in [6.45, 7) is 5.99. The number of rotatable bonds is 4. The van der Waals surface area contributed by atoms with E-state index in [1.54, 1.807) is 45.3 Å². The fourth-order valence-corrected chi connectivity index (χ4v) is 5.57. The maximum Gasteiger partial charge on any atom is 0.407 e. The van der Waals surface area contributed by atoms with Crippen LogP contribution in [0, 0.1) is 0 Å². The fraction of sp³-hybridized carbons (Fsp3) is 0.524. The normalized spacial score (nSPS) is 20.7. The van der Waals surface area contributed by atoms with E-state index in [1.807, 2.05) is 6.07 Å². The lowest BCUT2D eigenvalue weighted by Gasteiger charge is -2.22. The van der Waals surface area contributed by atoms with Gasteiger partial charge in [-0.05, 0) is 57.6 Å². The highest BCUT2D eigenvalue weighted by Crippen LogP contribution is 2.44. The number of alkyl carbamates (subject to hydrolysis) is 1. The van der Waals surface area contributed by atoms with Crippen molar-refractivity contribution in [1.82, 2.24) is 14.6 Å². The third kappa shape index (κ3) is 4.23. The van der Waals surface area contributed by atoms with Gasteiger partial charge >= 0.3 is 6.09 Å². The van der Waals surface area contributed by atoms with Gasteiger partial charge in [-0.15, -0.1) is 0 Å². The Morgan fingerprint density at radius 1 is 1.21 bits per heavy atom. The Bertz CT molecular complexity index is 1040. The summed E-state index contributed by atoms with van der Waals surface area (Å²) >= 11 is 0. The van der Waals surface area contributed by atoms with Crippen LogP contribution in [0.5, 0.6) is 0 Å². The number of nitrogens with zero attached hydrogens (tertiary/aromatic N) is 2. The molecule has 0 unspecified atom stereocenters. The van der Waals surface area contributed by atoms with Gasteiger partial charge in [0.15, 0.2) is 0 Å². The molecule has 0 bridgehead atoms. The van der Waals surface area contributed by atoms with E-state index in [2.05, 4.69) is 10.3 Å². The first-order valence-corrected chi connectivity index (χ1v) is 11.5. The van der Waals surface area contributed by atoms with Crippen molar-refractivity contribution in [2.24, 2.45) is 0 Å². The number of pyridine rings is 1. The van der Waals surface area contributed by atoms with E-state index in [0.29, 0.717) is 23.8 Å². The molecule has 2 aromatic rings. The number of sulfonamides is 1. The first kappa shape index (κ1) is 20.1. The van der Waals surface area contributed by atoms with E-state index in [-0.39, 0.29) is 12.6 Å². The molecule has 1 saturated heterocycles. The molecule has 1 aliphatic carbocycles. The molecule has 8 heteroatoms. The van der Waals surface area contributed by atoms with Crippen LogP contribution in [-0.4, -0.2) is 48.5 Å². The quantitative estimate of drug-likeness (QED) is 0.824. The van der Waals surface area contributed by atoms with E-state index in [0.717, 1.165) is 29.2 Å². The Hall–Kier alpha value is -2.19. The van der Waals surface area contributed by atoms with Crippen LogP contribution in [-0.2, 0) is 14.8 Å². The zero-order chi connectivity index (χ0) is 20.8. The van der Waals surface area contributed by atoms with E-state index in [9.17, 15) is 13.2 Å². The third-order valence-corrected chi connectivity index (χ3v) is 7.19. The summed E-state index contributed by atoms with van der Waals surface area (Å²) in [5.74, 6) is 0.391. The predicted octanol–water partition coefficient (Wildman–Crippen LogP) is 3.40. The minimum atomic E-state index is -3.68. The van der Waals surface area contributed by atoms with Gasteiger partial charge in [0.1, 0.15) is 5.60 Å². The van der Waals surface area contributed by atoms with Crippen LogP contribution >= 0.6 is 0 Å². The van der Waals surface area contributed by atoms with Gasteiger partial charge in [0.25, 0.3) is 0 Å². The van der Waals surface area contributed by atoms with Crippen molar-refractivity contribution in [1.29, 1.82) is 0 Å². The summed E-state index contributed by atoms with van der Waals surface area (Å²) < 4.78 is 33.7. The second kappa shape index (κ2) is 7.25. The number of hydrogen-bond acceptors (Lipinski definition) is 5. The first-order valence-electron chi connectivity index (χ1n) is 10.0. The summed E-state index contributed by atoms with van der Waals surface area (Å²) in [7, 11) is -3.68. The van der Waals surface area contributed by atoms with Gasteiger partial charge < -0.3 is 10.1 Å². The second-order valence-electron chi connectivity index (χ2n) is 8.85. The molecule has 7 nitrogen and oxygen atoms in total. The molecule has 0 spiro atoms. The molecular formula is C21H27N3O4S. The van der Waals surface area contributed by atoms with Crippen molar-refractivity contribution < 1.29 is 17.9 Å². The van der Waals surface area contributed by atoms with Gasteiger partial charge in [-0.1, -0.05) is 12.1 Å². The lowest BCUT2D eigenvalue weighted by atomic mass is 10.0. The van der Waals surface area contributed by atoms with Crippen LogP contribution in [0.3, 0.4) is 0 Å². The molecule has 1 saturated carbocycles. The van der Waals surface area contributed by atoms with E-state index in [1.165, 1.54) is 4.31 Å². The standard InChI is InChI=1S/C21H27N3O4S/c1-21(2,3)28-20(25)23-16-9-10-24(13-16)29(26,27)18-6-4-5-15-11-22-12-17(19(15)18)14-7-8-14/h4-6,11-12,14,16H,7-10,13H2,1-3H3,(H,23,25)/t16-/m1/s1. The lowest BCUT2D eigenvalue weighted by Crippen LogP contribution is -2.41. The second-order valence-corrected chi connectivity index (χ2v) is 10.8. The first-order chi connectivity index (χ1) is 13.6. The number of ether oxygens (including phenoxy) is 1. The van der Waals surface area contributed by atoms with Gasteiger partial charge in [-0.2, -0.15) is 4.31 Å². The molecule has 156 valence electrons. The summed E-state index contributed by atoms with van der Waals surface area (Å²) in [5, 5.41) is 4.42. The minimum Gasteiger partial charge on any atom is -0.444 e. The largest absolute Gasteiger partial charge is 0.444 e. The highest BCUT2D eigenvalue weighted by Gasteiger charge is 2.36. The molecule has 1 amide bonds. The molecule has 1 aromatic heterocycles. The van der Waals surface area contributed by atoms with Gasteiger partial charge in [-0.25, -0.2) is 13.2 Å². The number of amides is 1. The van der Waals surface area contributed by atoms with Crippen LogP contribution in [0.15, 0.2) is 35.5 Å². The molecule has 1 N–H and O–H groups in total. The summed E-state index contributed by atoms with van der Waals surface area (Å²) in [6, 6.07) is 5.08. The Morgan fingerprint density at radius 3 is 2.66 bits per heavy atom. The Morgan fingerprint density at radius 2 is 1.97 bits per heavy atom. The highest BCUT2D eigenvalue weighted by atomic mass is 32.2. The number of carbonyl (C=O) groups is 1. The molecule has 4 rings (SSSR count). The molecule has 2 fully saturated rings. The molecule has 1 aliphatic heterocycles. The lowest BCUT2D eigenvalue weighted by molar-refractivity contribution is 0.0507. The van der Waals surface area contributed by atoms with Crippen molar-refractivity contribution in [3.05, 3.63) is 36.2 Å². The summed E-state index contributed by atoms with van der Waals surface area (Å²) in [5.41, 5.74) is 0.425. The summed E-state index contributed by atoms with van der Waals surface area (Å²) in [6.07, 6.45) is 5.70. The molecular weight excluding hydrogens is 390 g/mol. The summed E-state index contributed by atoms with van der Waals surface area (Å²) in [4.78, 5) is 16.7. The number of benzene rings is 1. The molecule has 1 aromatic carbocycles.